The Labute approximate surface area is 207 Å². The van der Waals surface area contributed by atoms with Crippen molar-refractivity contribution < 1.29 is 27.9 Å². The maximum atomic E-state index is 15.0. The molecular weight excluding hydrogens is 473 g/mol. The highest BCUT2D eigenvalue weighted by Crippen LogP contribution is 2.41. The predicted molar refractivity (Wildman–Crippen MR) is 125 cm³/mol. The molecule has 10 heteroatoms. The van der Waals surface area contributed by atoms with E-state index in [-0.39, 0.29) is 75.1 Å². The van der Waals surface area contributed by atoms with E-state index in [4.69, 9.17) is 0 Å². The summed E-state index contributed by atoms with van der Waals surface area (Å²) in [5.41, 5.74) is 1.89. The normalized spacial score (nSPS) is 23.1. The van der Waals surface area contributed by atoms with Gasteiger partial charge in [-0.05, 0) is 38.5 Å². The van der Waals surface area contributed by atoms with Crippen molar-refractivity contribution in [3.63, 3.8) is 0 Å². The second kappa shape index (κ2) is 9.88. The topological polar surface area (TPSA) is 78.7 Å². The summed E-state index contributed by atoms with van der Waals surface area (Å²) < 4.78 is 45.5. The third-order valence-electron chi connectivity index (χ3n) is 7.81. The number of piperidine rings is 2. The Kier molecular flexibility index (Phi) is 6.80. The number of aromatic nitrogens is 2. The van der Waals surface area contributed by atoms with Crippen LogP contribution in [0.15, 0.2) is 30.3 Å². The standard InChI is InChI=1S/C26H31F3N4O3/c27-20-15-32(14-11-22(20)34)25(36)24-19-7-4-8-21(19)33(30-24)16-23(35)31-12-9-18(10-13-31)26(28,29)17-5-2-1-3-6-17/h1-3,5-6,18,20,22,34H,4,7-16H2/t20-,22-/m0/s1. The molecule has 7 nitrogen and oxygen atoms in total. The van der Waals surface area contributed by atoms with Crippen LogP contribution < -0.4 is 0 Å². The van der Waals surface area contributed by atoms with Crippen molar-refractivity contribution >= 4 is 11.8 Å². The van der Waals surface area contributed by atoms with Crippen molar-refractivity contribution in [2.75, 3.05) is 26.2 Å². The zero-order valence-corrected chi connectivity index (χ0v) is 20.1. The number of rotatable bonds is 5. The first-order valence-corrected chi connectivity index (χ1v) is 12.7. The van der Waals surface area contributed by atoms with Gasteiger partial charge < -0.3 is 14.9 Å². The molecule has 3 aliphatic rings. The van der Waals surface area contributed by atoms with E-state index in [0.717, 1.165) is 17.7 Å². The van der Waals surface area contributed by atoms with Crippen LogP contribution >= 0.6 is 0 Å². The van der Waals surface area contributed by atoms with Gasteiger partial charge >= 0.3 is 0 Å². The molecule has 0 spiro atoms. The summed E-state index contributed by atoms with van der Waals surface area (Å²) in [6, 6.07) is 7.80. The molecule has 1 aromatic carbocycles. The number of aliphatic hydroxyl groups excluding tert-OH is 1. The zero-order valence-electron chi connectivity index (χ0n) is 20.1. The van der Waals surface area contributed by atoms with Crippen LogP contribution in [0.25, 0.3) is 0 Å². The highest BCUT2D eigenvalue weighted by molar-refractivity contribution is 5.94. The van der Waals surface area contributed by atoms with Crippen molar-refractivity contribution in [3.05, 3.63) is 52.8 Å². The fourth-order valence-electron chi connectivity index (χ4n) is 5.65. The summed E-state index contributed by atoms with van der Waals surface area (Å²) in [6.45, 7) is 0.511. The molecule has 194 valence electrons. The Hall–Kier alpha value is -2.88. The van der Waals surface area contributed by atoms with Gasteiger partial charge in [0.05, 0.1) is 12.6 Å². The van der Waals surface area contributed by atoms with Gasteiger partial charge in [-0.2, -0.15) is 5.10 Å². The molecule has 1 N–H and O–H groups in total. The van der Waals surface area contributed by atoms with Crippen molar-refractivity contribution in [1.29, 1.82) is 0 Å². The summed E-state index contributed by atoms with van der Waals surface area (Å²) in [7, 11) is 0. The number of hydrogen-bond donors (Lipinski definition) is 1. The van der Waals surface area contributed by atoms with E-state index < -0.39 is 24.1 Å². The number of hydrogen-bond acceptors (Lipinski definition) is 4. The number of carbonyl (C=O) groups excluding carboxylic acids is 2. The van der Waals surface area contributed by atoms with Gasteiger partial charge in [0.2, 0.25) is 5.91 Å². The number of amides is 2. The largest absolute Gasteiger partial charge is 0.390 e. The second-order valence-electron chi connectivity index (χ2n) is 10.1. The minimum Gasteiger partial charge on any atom is -0.390 e. The minimum atomic E-state index is -2.95. The third-order valence-corrected chi connectivity index (χ3v) is 7.81. The van der Waals surface area contributed by atoms with Crippen molar-refractivity contribution in [1.82, 2.24) is 19.6 Å². The van der Waals surface area contributed by atoms with Crippen LogP contribution in [0.2, 0.25) is 0 Å². The smallest absolute Gasteiger partial charge is 0.276 e. The highest BCUT2D eigenvalue weighted by Gasteiger charge is 2.43. The molecule has 0 saturated carbocycles. The Morgan fingerprint density at radius 1 is 1.03 bits per heavy atom. The van der Waals surface area contributed by atoms with Crippen LogP contribution in [0.3, 0.4) is 0 Å². The van der Waals surface area contributed by atoms with Gasteiger partial charge in [0, 0.05) is 42.4 Å². The third kappa shape index (κ3) is 4.63. The van der Waals surface area contributed by atoms with E-state index in [1.807, 2.05) is 0 Å². The summed E-state index contributed by atoms with van der Waals surface area (Å²) >= 11 is 0. The van der Waals surface area contributed by atoms with Crippen molar-refractivity contribution in [3.8, 4) is 0 Å². The van der Waals surface area contributed by atoms with Gasteiger partial charge in [-0.3, -0.25) is 14.3 Å². The van der Waals surface area contributed by atoms with Gasteiger partial charge in [0.15, 0.2) is 5.69 Å². The Balaban J connectivity index is 1.24. The van der Waals surface area contributed by atoms with E-state index in [0.29, 0.717) is 12.8 Å². The van der Waals surface area contributed by atoms with Crippen LogP contribution in [0, 0.1) is 5.92 Å². The molecule has 2 amide bonds. The fraction of sp³-hybridized carbons (Fsp3) is 0.577. The molecule has 2 saturated heterocycles. The molecule has 36 heavy (non-hydrogen) atoms. The monoisotopic (exact) mass is 504 g/mol. The number of carbonyl (C=O) groups is 2. The van der Waals surface area contributed by atoms with E-state index >= 15 is 0 Å². The second-order valence-corrected chi connectivity index (χ2v) is 10.1. The van der Waals surface area contributed by atoms with Crippen LogP contribution in [-0.4, -0.2) is 75.0 Å². The highest BCUT2D eigenvalue weighted by atomic mass is 19.3. The first-order chi connectivity index (χ1) is 17.3. The lowest BCUT2D eigenvalue weighted by Crippen LogP contribution is -2.47. The molecule has 0 unspecified atom stereocenters. The molecule has 3 heterocycles. The van der Waals surface area contributed by atoms with Crippen LogP contribution in [0.1, 0.15) is 53.0 Å². The zero-order chi connectivity index (χ0) is 25.4. The number of nitrogens with zero attached hydrogens (tertiary/aromatic N) is 4. The Morgan fingerprint density at radius 3 is 2.42 bits per heavy atom. The number of benzene rings is 1. The van der Waals surface area contributed by atoms with Crippen LogP contribution in [0.4, 0.5) is 13.2 Å². The van der Waals surface area contributed by atoms with Crippen molar-refractivity contribution in [2.24, 2.45) is 5.92 Å². The molecular formula is C26H31F3N4O3. The summed E-state index contributed by atoms with van der Waals surface area (Å²) in [6.07, 6.45) is 0.237. The molecule has 0 bridgehead atoms. The molecule has 1 aliphatic carbocycles. The van der Waals surface area contributed by atoms with E-state index in [9.17, 15) is 27.9 Å². The van der Waals surface area contributed by atoms with Crippen LogP contribution in [0.5, 0.6) is 0 Å². The Bertz CT molecular complexity index is 1120. The quantitative estimate of drug-likeness (QED) is 0.679. The molecule has 2 aromatic rings. The summed E-state index contributed by atoms with van der Waals surface area (Å²) in [5.74, 6) is -4.36. The first-order valence-electron chi connectivity index (χ1n) is 12.7. The number of likely N-dealkylation sites (tertiary alicyclic amines) is 2. The minimum absolute atomic E-state index is 0.00127. The SMILES string of the molecule is O=C(Cn1nc(C(=O)N2CC[C@H](O)[C@@H](F)C2)c2c1CCC2)N1CCC(C(F)(F)c2ccccc2)CC1. The van der Waals surface area contributed by atoms with Gasteiger partial charge in [-0.1, -0.05) is 30.3 Å². The maximum Gasteiger partial charge on any atom is 0.276 e. The van der Waals surface area contributed by atoms with Gasteiger partial charge in [0.25, 0.3) is 11.8 Å². The number of alkyl halides is 3. The van der Waals surface area contributed by atoms with E-state index in [1.165, 1.54) is 17.0 Å². The Morgan fingerprint density at radius 2 is 1.72 bits per heavy atom. The van der Waals surface area contributed by atoms with Crippen LogP contribution in [-0.2, 0) is 30.1 Å². The summed E-state index contributed by atoms with van der Waals surface area (Å²) in [5, 5.41) is 14.1. The number of aliphatic hydroxyl groups is 1. The fourth-order valence-corrected chi connectivity index (χ4v) is 5.65. The van der Waals surface area contributed by atoms with Crippen molar-refractivity contribution in [2.45, 2.75) is 63.3 Å². The molecule has 1 aromatic heterocycles. The number of halogens is 3. The molecule has 0 radical (unpaired) electrons. The molecule has 5 rings (SSSR count). The van der Waals surface area contributed by atoms with E-state index in [1.54, 1.807) is 27.8 Å². The van der Waals surface area contributed by atoms with Gasteiger partial charge in [-0.25, -0.2) is 13.2 Å². The average molecular weight is 505 g/mol. The van der Waals surface area contributed by atoms with Gasteiger partial charge in [0.1, 0.15) is 12.7 Å². The lowest BCUT2D eigenvalue weighted by Gasteiger charge is -2.36. The maximum absolute atomic E-state index is 15.0. The lowest BCUT2D eigenvalue weighted by molar-refractivity contribution is -0.137. The molecule has 2 atom stereocenters. The first kappa shape index (κ1) is 24.8. The average Bonchev–Trinajstić information content (AvgIpc) is 3.50. The molecule has 2 aliphatic heterocycles. The predicted octanol–water partition coefficient (Wildman–Crippen LogP) is 2.95. The van der Waals surface area contributed by atoms with Gasteiger partial charge in [-0.15, -0.1) is 0 Å². The molecule has 2 fully saturated rings. The summed E-state index contributed by atoms with van der Waals surface area (Å²) in [4.78, 5) is 29.1. The lowest BCUT2D eigenvalue weighted by atomic mass is 9.86. The number of fused-ring (bicyclic) bond motifs is 1. The van der Waals surface area contributed by atoms with E-state index in [2.05, 4.69) is 5.10 Å².